The third-order valence-electron chi connectivity index (χ3n) is 7.43. The summed E-state index contributed by atoms with van der Waals surface area (Å²) in [5, 5.41) is 59.5. The normalized spacial score (nSPS) is 20.5. The Kier molecular flexibility index (Phi) is 9.55. The molecule has 0 aliphatic carbocycles. The summed E-state index contributed by atoms with van der Waals surface area (Å²) in [5.74, 6) is -1.62. The van der Waals surface area contributed by atoms with Crippen LogP contribution >= 0.6 is 11.6 Å². The largest absolute Gasteiger partial charge is 0.507 e. The van der Waals surface area contributed by atoms with Crippen LogP contribution in [0.4, 0.5) is 0 Å². The number of aliphatic hydroxyl groups is 5. The molecule has 1 aromatic heterocycles. The van der Waals surface area contributed by atoms with Crippen LogP contribution < -0.4 is 10.2 Å². The highest BCUT2D eigenvalue weighted by Crippen LogP contribution is 2.45. The first-order valence-electron chi connectivity index (χ1n) is 12.8. The van der Waals surface area contributed by atoms with Gasteiger partial charge in [0.15, 0.2) is 11.5 Å². The number of fused-ring (bicyclic) bond motifs is 1. The van der Waals surface area contributed by atoms with Crippen LogP contribution in [-0.2, 0) is 9.53 Å². The lowest BCUT2D eigenvalue weighted by Gasteiger charge is -2.28. The zero-order chi connectivity index (χ0) is 30.0. The molecular weight excluding hydrogens is 562 g/mol. The summed E-state index contributed by atoms with van der Waals surface area (Å²) in [5.41, 5.74) is 0.505. The smallest absolute Gasteiger partial charge is 0.337 e. The van der Waals surface area contributed by atoms with Crippen LogP contribution in [0.5, 0.6) is 11.5 Å². The van der Waals surface area contributed by atoms with E-state index in [1.54, 1.807) is 31.3 Å². The van der Waals surface area contributed by atoms with E-state index < -0.39 is 54.4 Å². The number of esters is 1. The monoisotopic (exact) mass is 593 g/mol. The lowest BCUT2D eigenvalue weighted by molar-refractivity contribution is -0.171. The molecule has 0 amide bonds. The number of aromatic hydroxyl groups is 1. The van der Waals surface area contributed by atoms with E-state index in [0.29, 0.717) is 29.1 Å². The second kappa shape index (κ2) is 12.7. The van der Waals surface area contributed by atoms with E-state index >= 15 is 0 Å². The summed E-state index contributed by atoms with van der Waals surface area (Å²) < 4.78 is 17.1. The number of benzene rings is 2. The number of halogens is 1. The van der Waals surface area contributed by atoms with Gasteiger partial charge < -0.3 is 44.5 Å². The molecule has 12 nitrogen and oxygen atoms in total. The fourth-order valence-corrected chi connectivity index (χ4v) is 5.36. The van der Waals surface area contributed by atoms with E-state index in [1.807, 2.05) is 4.90 Å². The lowest BCUT2D eigenvalue weighted by atomic mass is 9.89. The van der Waals surface area contributed by atoms with Gasteiger partial charge in [-0.05, 0) is 32.1 Å². The summed E-state index contributed by atoms with van der Waals surface area (Å²) in [6.45, 7) is -0.632. The third-order valence-corrected chi connectivity index (χ3v) is 7.76. The summed E-state index contributed by atoms with van der Waals surface area (Å²) in [6, 6.07) is 8.85. The summed E-state index contributed by atoms with van der Waals surface area (Å²) in [4.78, 5) is 27.6. The van der Waals surface area contributed by atoms with Crippen LogP contribution in [0.1, 0.15) is 17.9 Å². The fourth-order valence-electron chi connectivity index (χ4n) is 5.13. The van der Waals surface area contributed by atoms with Crippen molar-refractivity contribution in [3.63, 3.8) is 0 Å². The minimum Gasteiger partial charge on any atom is -0.507 e. The Morgan fingerprint density at radius 1 is 1.17 bits per heavy atom. The van der Waals surface area contributed by atoms with Gasteiger partial charge in [0.2, 0.25) is 0 Å². The predicted octanol–water partition coefficient (Wildman–Crippen LogP) is 0.594. The Balaban J connectivity index is 1.71. The molecule has 1 saturated heterocycles. The number of hydrogen-bond acceptors (Lipinski definition) is 12. The van der Waals surface area contributed by atoms with Crippen molar-refractivity contribution in [1.29, 1.82) is 0 Å². The minimum absolute atomic E-state index is 0.0584. The number of nitrogens with zero attached hydrogens (tertiary/aromatic N) is 1. The van der Waals surface area contributed by atoms with Crippen LogP contribution in [0, 0.1) is 0 Å². The SMILES string of the molecule is COc1cc(O)c2c(=O)cc(-c3ccccc3Cl)oc2c1[C@H]1CCN(C)[C@@H]1COC(=O)[C@H](O)[C@@H](O)[C@H](O)[C@H](O)CO. The average molecular weight is 594 g/mol. The van der Waals surface area contributed by atoms with Gasteiger partial charge in [0.1, 0.15) is 53.1 Å². The topological polar surface area (TPSA) is 190 Å². The molecule has 0 bridgehead atoms. The fraction of sp³-hybridized carbons (Fsp3) is 0.429. The molecule has 222 valence electrons. The molecule has 6 N–H and O–H groups in total. The Hall–Kier alpha value is -3.23. The summed E-state index contributed by atoms with van der Waals surface area (Å²) in [6.07, 6.45) is -7.57. The number of likely N-dealkylation sites (tertiary alicyclic amines) is 1. The van der Waals surface area contributed by atoms with Gasteiger partial charge in [0.25, 0.3) is 0 Å². The Morgan fingerprint density at radius 2 is 1.88 bits per heavy atom. The second-order valence-electron chi connectivity index (χ2n) is 9.92. The zero-order valence-electron chi connectivity index (χ0n) is 22.3. The molecule has 3 aromatic rings. The average Bonchev–Trinajstić information content (AvgIpc) is 3.33. The molecule has 13 heteroatoms. The van der Waals surface area contributed by atoms with E-state index in [-0.39, 0.29) is 34.8 Å². The lowest BCUT2D eigenvalue weighted by Crippen LogP contribution is -2.49. The van der Waals surface area contributed by atoms with Crippen molar-refractivity contribution < 1.29 is 49.3 Å². The molecule has 1 fully saturated rings. The van der Waals surface area contributed by atoms with Crippen molar-refractivity contribution in [1.82, 2.24) is 4.90 Å². The van der Waals surface area contributed by atoms with Crippen molar-refractivity contribution in [2.45, 2.75) is 42.8 Å². The molecule has 6 atom stereocenters. The van der Waals surface area contributed by atoms with Crippen LogP contribution in [0.2, 0.25) is 5.02 Å². The molecule has 41 heavy (non-hydrogen) atoms. The number of methoxy groups -OCH3 is 1. The number of phenols is 1. The van der Waals surface area contributed by atoms with Crippen molar-refractivity contribution in [2.24, 2.45) is 0 Å². The summed E-state index contributed by atoms with van der Waals surface area (Å²) >= 11 is 6.35. The van der Waals surface area contributed by atoms with E-state index in [4.69, 9.17) is 30.6 Å². The van der Waals surface area contributed by atoms with Gasteiger partial charge in [0.05, 0.1) is 24.8 Å². The number of carbonyl (C=O) groups is 1. The molecule has 0 spiro atoms. The van der Waals surface area contributed by atoms with Gasteiger partial charge in [-0.15, -0.1) is 0 Å². The highest BCUT2D eigenvalue weighted by atomic mass is 35.5. The van der Waals surface area contributed by atoms with Gasteiger partial charge in [-0.1, -0.05) is 23.7 Å². The number of aliphatic hydroxyl groups excluding tert-OH is 5. The van der Waals surface area contributed by atoms with Crippen LogP contribution in [0.3, 0.4) is 0 Å². The predicted molar refractivity (Wildman–Crippen MR) is 147 cm³/mol. The maximum Gasteiger partial charge on any atom is 0.337 e. The van der Waals surface area contributed by atoms with Crippen molar-refractivity contribution in [2.75, 3.05) is 33.9 Å². The van der Waals surface area contributed by atoms with Gasteiger partial charge in [-0.25, -0.2) is 4.79 Å². The molecule has 0 radical (unpaired) electrons. The van der Waals surface area contributed by atoms with Gasteiger partial charge in [-0.2, -0.15) is 0 Å². The summed E-state index contributed by atoms with van der Waals surface area (Å²) in [7, 11) is 3.18. The molecule has 0 saturated carbocycles. The van der Waals surface area contributed by atoms with Gasteiger partial charge in [-0.3, -0.25) is 9.69 Å². The molecular formula is C28H32ClNO11. The van der Waals surface area contributed by atoms with E-state index in [0.717, 1.165) is 0 Å². The molecule has 0 unspecified atom stereocenters. The highest BCUT2D eigenvalue weighted by Gasteiger charge is 2.40. The zero-order valence-corrected chi connectivity index (χ0v) is 23.1. The van der Waals surface area contributed by atoms with Gasteiger partial charge in [0, 0.05) is 29.2 Å². The van der Waals surface area contributed by atoms with Crippen LogP contribution in [0.15, 0.2) is 45.6 Å². The molecule has 1 aliphatic heterocycles. The van der Waals surface area contributed by atoms with Crippen molar-refractivity contribution >= 4 is 28.5 Å². The van der Waals surface area contributed by atoms with Crippen molar-refractivity contribution in [3.8, 4) is 22.8 Å². The first-order valence-corrected chi connectivity index (χ1v) is 13.2. The first-order chi connectivity index (χ1) is 19.5. The standard InChI is InChI=1S/C28H32ClNO11/c1-30-8-7-14(16(30)12-40-28(38)26(37)25(36)24(35)19(34)11-31)22-21(39-2)10-18(33)23-17(32)9-20(41-27(22)23)13-5-3-4-6-15(13)29/h3-6,9-10,14,16,19,24-26,31,33-37H,7-8,11-12H2,1-2H3/t14-,16+,19+,24+,25-,26+/m0/s1. The molecule has 4 rings (SSSR count). The Labute approximate surface area is 239 Å². The number of rotatable bonds is 10. The number of carbonyl (C=O) groups excluding carboxylic acids is 1. The van der Waals surface area contributed by atoms with Crippen LogP contribution in [-0.4, -0.2) is 106 Å². The Morgan fingerprint density at radius 3 is 2.54 bits per heavy atom. The van der Waals surface area contributed by atoms with E-state index in [9.17, 15) is 35.1 Å². The second-order valence-corrected chi connectivity index (χ2v) is 10.3. The number of likely N-dealkylation sites (N-methyl/N-ethyl adjacent to an activating group) is 1. The van der Waals surface area contributed by atoms with Crippen LogP contribution in [0.25, 0.3) is 22.3 Å². The first kappa shape index (κ1) is 30.7. The quantitative estimate of drug-likeness (QED) is 0.180. The maximum atomic E-state index is 13.2. The van der Waals surface area contributed by atoms with Gasteiger partial charge >= 0.3 is 5.97 Å². The molecule has 2 heterocycles. The number of hydrogen-bond donors (Lipinski definition) is 6. The molecule has 1 aliphatic rings. The third kappa shape index (κ3) is 6.04. The Bertz CT molecular complexity index is 1460. The minimum atomic E-state index is -2.20. The maximum absolute atomic E-state index is 13.2. The number of ether oxygens (including phenoxy) is 2. The van der Waals surface area contributed by atoms with E-state index in [2.05, 4.69) is 0 Å². The molecule has 2 aromatic carbocycles. The van der Waals surface area contributed by atoms with Crippen molar-refractivity contribution in [3.05, 3.63) is 57.2 Å². The number of phenolic OH excluding ortho intramolecular Hbond substituents is 1. The highest BCUT2D eigenvalue weighted by molar-refractivity contribution is 6.33. The van der Waals surface area contributed by atoms with E-state index in [1.165, 1.54) is 19.2 Å².